The number of carbonyl (C=O) groups is 2. The maximum Gasteiger partial charge on any atom is 0.330 e. The number of nitrogens with zero attached hydrogens (tertiary/aromatic N) is 1. The number of epoxide rings is 1. The maximum atomic E-state index is 12.9. The highest BCUT2D eigenvalue weighted by atomic mass is 16.6. The van der Waals surface area contributed by atoms with E-state index in [0.29, 0.717) is 25.4 Å². The molecule has 0 saturated carbocycles. The standard InChI is InChI=1S/C32H43NO8/c1-20-13-14-37-25(16-20)11-12-28(38-23(4)34)29-19-30-32(41-30)27(33-36)18-22(3)15-21(2)17-26-9-5-7-24(39-26)8-6-10-31(35)40-29/h5-7,10-13,21,24-30,32H,3,8-9,14-19H2,1-2,4H3/b10-6-,12-11+/t21-,24-,25+,26-,27-,28-,29-,30-,32-/m0/s1. The van der Waals surface area contributed by atoms with Gasteiger partial charge in [0.1, 0.15) is 18.2 Å². The average molecular weight is 570 g/mol. The van der Waals surface area contributed by atoms with Gasteiger partial charge in [0.05, 0.1) is 31.0 Å². The fourth-order valence-electron chi connectivity index (χ4n) is 5.84. The number of ether oxygens (including phenoxy) is 5. The first-order valence-corrected chi connectivity index (χ1v) is 14.7. The molecule has 224 valence electrons. The second kappa shape index (κ2) is 14.8. The van der Waals surface area contributed by atoms with E-state index in [4.69, 9.17) is 23.7 Å². The summed E-state index contributed by atoms with van der Waals surface area (Å²) in [5, 5.41) is 3.35. The predicted octanol–water partition coefficient (Wildman–Crippen LogP) is 5.45. The van der Waals surface area contributed by atoms with E-state index in [-0.39, 0.29) is 30.8 Å². The van der Waals surface area contributed by atoms with Crippen LogP contribution in [0.4, 0.5) is 0 Å². The van der Waals surface area contributed by atoms with Gasteiger partial charge in [-0.05, 0) is 57.4 Å². The molecule has 0 aromatic carbocycles. The highest BCUT2D eigenvalue weighted by molar-refractivity contribution is 5.82. The van der Waals surface area contributed by atoms with Gasteiger partial charge in [-0.3, -0.25) is 4.79 Å². The minimum Gasteiger partial charge on any atom is -0.455 e. The van der Waals surface area contributed by atoms with Crippen molar-refractivity contribution < 1.29 is 33.3 Å². The maximum absolute atomic E-state index is 12.9. The van der Waals surface area contributed by atoms with E-state index in [1.807, 2.05) is 25.2 Å². The first kappa shape index (κ1) is 31.1. The molecule has 1 fully saturated rings. The molecule has 0 aromatic rings. The largest absolute Gasteiger partial charge is 0.455 e. The van der Waals surface area contributed by atoms with Gasteiger partial charge in [0, 0.05) is 19.4 Å². The van der Waals surface area contributed by atoms with Crippen LogP contribution >= 0.6 is 0 Å². The summed E-state index contributed by atoms with van der Waals surface area (Å²) in [4.78, 5) is 36.8. The van der Waals surface area contributed by atoms with Crippen LogP contribution in [0.2, 0.25) is 0 Å². The number of hydrogen-bond acceptors (Lipinski definition) is 9. The Bertz CT molecular complexity index is 1080. The summed E-state index contributed by atoms with van der Waals surface area (Å²) in [6.07, 6.45) is 14.6. The number of nitroso groups, excluding NO2 is 1. The minimum atomic E-state index is -0.862. The molecule has 9 heteroatoms. The van der Waals surface area contributed by atoms with Gasteiger partial charge in [0.15, 0.2) is 6.10 Å². The van der Waals surface area contributed by atoms with Crippen molar-refractivity contribution in [3.8, 4) is 0 Å². The van der Waals surface area contributed by atoms with E-state index >= 15 is 0 Å². The smallest absolute Gasteiger partial charge is 0.330 e. The molecule has 0 aromatic heterocycles. The van der Waals surface area contributed by atoms with E-state index in [9.17, 15) is 14.5 Å². The topological polar surface area (TPSA) is 113 Å². The zero-order valence-corrected chi connectivity index (χ0v) is 24.3. The van der Waals surface area contributed by atoms with E-state index < -0.39 is 36.3 Å². The van der Waals surface area contributed by atoms with E-state index in [2.05, 4.69) is 24.8 Å². The number of hydrogen-bond donors (Lipinski definition) is 0. The summed E-state index contributed by atoms with van der Waals surface area (Å²) in [5.74, 6) is -0.733. The van der Waals surface area contributed by atoms with Gasteiger partial charge in [-0.25, -0.2) is 4.79 Å². The van der Waals surface area contributed by atoms with Crippen molar-refractivity contribution in [2.75, 3.05) is 6.61 Å². The molecule has 1 saturated heterocycles. The van der Waals surface area contributed by atoms with E-state index in [0.717, 1.165) is 31.3 Å². The van der Waals surface area contributed by atoms with Crippen LogP contribution in [0, 0.1) is 10.8 Å². The molecule has 0 unspecified atom stereocenters. The van der Waals surface area contributed by atoms with Crippen molar-refractivity contribution in [3.05, 3.63) is 65.2 Å². The molecule has 41 heavy (non-hydrogen) atoms. The highest BCUT2D eigenvalue weighted by Crippen LogP contribution is 2.36. The third kappa shape index (κ3) is 9.87. The van der Waals surface area contributed by atoms with E-state index in [1.165, 1.54) is 18.6 Å². The van der Waals surface area contributed by atoms with Gasteiger partial charge >= 0.3 is 11.9 Å². The van der Waals surface area contributed by atoms with Crippen LogP contribution in [-0.4, -0.2) is 67.3 Å². The second-order valence-electron chi connectivity index (χ2n) is 11.7. The average Bonchev–Trinajstić information content (AvgIpc) is 3.67. The zero-order chi connectivity index (χ0) is 29.4. The summed E-state index contributed by atoms with van der Waals surface area (Å²) in [6, 6.07) is -0.596. The number of carbonyl (C=O) groups excluding carboxylic acids is 2. The molecule has 4 rings (SSSR count). The Hall–Kier alpha value is -2.88. The monoisotopic (exact) mass is 569 g/mol. The van der Waals surface area contributed by atoms with Crippen LogP contribution in [0.3, 0.4) is 0 Å². The zero-order valence-electron chi connectivity index (χ0n) is 24.3. The third-order valence-electron chi connectivity index (χ3n) is 7.86. The van der Waals surface area contributed by atoms with Crippen molar-refractivity contribution in [3.63, 3.8) is 0 Å². The number of cyclic esters (lactones) is 1. The van der Waals surface area contributed by atoms with Crippen molar-refractivity contribution in [2.45, 2.75) is 114 Å². The first-order chi connectivity index (χ1) is 19.7. The van der Waals surface area contributed by atoms with Crippen LogP contribution < -0.4 is 0 Å². The van der Waals surface area contributed by atoms with Crippen molar-refractivity contribution in [1.29, 1.82) is 0 Å². The van der Waals surface area contributed by atoms with Crippen LogP contribution in [0.5, 0.6) is 0 Å². The van der Waals surface area contributed by atoms with Gasteiger partial charge in [-0.1, -0.05) is 60.2 Å². The lowest BCUT2D eigenvalue weighted by atomic mass is 9.90. The van der Waals surface area contributed by atoms with Gasteiger partial charge in [0.25, 0.3) is 0 Å². The van der Waals surface area contributed by atoms with Crippen LogP contribution in [0.25, 0.3) is 0 Å². The Labute approximate surface area is 242 Å². The van der Waals surface area contributed by atoms with Gasteiger partial charge < -0.3 is 23.7 Å². The minimum absolute atomic E-state index is 0.0799. The summed E-state index contributed by atoms with van der Waals surface area (Å²) >= 11 is 0. The quantitative estimate of drug-likeness (QED) is 0.186. The molecule has 0 spiro atoms. The van der Waals surface area contributed by atoms with Crippen molar-refractivity contribution in [1.82, 2.24) is 0 Å². The van der Waals surface area contributed by atoms with Crippen LogP contribution in [-0.2, 0) is 33.3 Å². The molecule has 4 aliphatic heterocycles. The fourth-order valence-corrected chi connectivity index (χ4v) is 5.84. The molecule has 0 amide bonds. The Morgan fingerprint density at radius 1 is 1.17 bits per heavy atom. The molecule has 0 aliphatic carbocycles. The van der Waals surface area contributed by atoms with E-state index in [1.54, 1.807) is 12.2 Å². The summed E-state index contributed by atoms with van der Waals surface area (Å²) in [7, 11) is 0. The van der Waals surface area contributed by atoms with Gasteiger partial charge in [-0.2, -0.15) is 4.91 Å². The van der Waals surface area contributed by atoms with Crippen LogP contribution in [0.1, 0.15) is 65.7 Å². The Morgan fingerprint density at radius 2 is 2.00 bits per heavy atom. The highest BCUT2D eigenvalue weighted by Gasteiger charge is 2.48. The molecule has 9 atom stereocenters. The normalized spacial score (nSPS) is 36.6. The SMILES string of the molecule is C=C1C[C@H](C)C[C@@H]2CC=C[C@@H](C/C=C\C(=O)O[C@H]([C@H](/C=C/[C@@H]3CC(C)=CCO3)OC(C)=O)C[C@@H]3O[C@H]3[C@@H](N=O)C1)O2. The molecule has 4 heterocycles. The predicted molar refractivity (Wildman–Crippen MR) is 154 cm³/mol. The summed E-state index contributed by atoms with van der Waals surface area (Å²) in [5.41, 5.74) is 2.16. The Kier molecular flexibility index (Phi) is 11.2. The van der Waals surface area contributed by atoms with Crippen molar-refractivity contribution >= 4 is 11.9 Å². The molecule has 0 radical (unpaired) electrons. The fraction of sp³-hybridized carbons (Fsp3) is 0.625. The number of rotatable bonds is 5. The third-order valence-corrected chi connectivity index (χ3v) is 7.86. The number of esters is 2. The lowest BCUT2D eigenvalue weighted by Crippen LogP contribution is -2.35. The first-order valence-electron chi connectivity index (χ1n) is 14.7. The summed E-state index contributed by atoms with van der Waals surface area (Å²) < 4.78 is 29.4. The van der Waals surface area contributed by atoms with Gasteiger partial charge in [-0.15, -0.1) is 0 Å². The Balaban J connectivity index is 1.54. The molecule has 0 N–H and O–H groups in total. The molecular weight excluding hydrogens is 526 g/mol. The van der Waals surface area contributed by atoms with Gasteiger partial charge in [0.2, 0.25) is 0 Å². The second-order valence-corrected chi connectivity index (χ2v) is 11.7. The lowest BCUT2D eigenvalue weighted by molar-refractivity contribution is -0.160. The lowest BCUT2D eigenvalue weighted by Gasteiger charge is -2.28. The number of fused-ring (bicyclic) bond motifs is 3. The Morgan fingerprint density at radius 3 is 2.76 bits per heavy atom. The molecule has 4 aliphatic rings. The summed E-state index contributed by atoms with van der Waals surface area (Å²) in [6.45, 7) is 10.2. The molecule has 9 nitrogen and oxygen atoms in total. The van der Waals surface area contributed by atoms with Crippen LogP contribution in [0.15, 0.2) is 65.4 Å². The molecule has 2 bridgehead atoms. The molecular formula is C32H43NO8. The van der Waals surface area contributed by atoms with Crippen molar-refractivity contribution in [2.24, 2.45) is 11.1 Å².